The molecule has 0 aliphatic carbocycles. The summed E-state index contributed by atoms with van der Waals surface area (Å²) < 4.78 is 0. The van der Waals surface area contributed by atoms with E-state index in [-0.39, 0.29) is 0 Å². The Morgan fingerprint density at radius 3 is 0.692 bits per heavy atom. The molecule has 0 aromatic carbocycles. The van der Waals surface area contributed by atoms with Gasteiger partial charge in [0.15, 0.2) is 0 Å². The first-order valence-electron chi connectivity index (χ1n) is 10.3. The van der Waals surface area contributed by atoms with Crippen LogP contribution in [-0.2, 0) is 9.59 Å². The summed E-state index contributed by atoms with van der Waals surface area (Å²) in [4.78, 5) is 134. The molecule has 0 bridgehead atoms. The minimum atomic E-state index is -0.802. The zero-order chi connectivity index (χ0) is 29.6. The minimum absolute atomic E-state index is 0.556. The highest BCUT2D eigenvalue weighted by Gasteiger charge is 1.88. The van der Waals surface area contributed by atoms with Gasteiger partial charge in [0.2, 0.25) is 12.2 Å². The van der Waals surface area contributed by atoms with Gasteiger partial charge in [-0.25, -0.2) is 62.7 Å². The van der Waals surface area contributed by atoms with Crippen molar-refractivity contribution in [2.75, 3.05) is 13.1 Å². The third kappa shape index (κ3) is 18.9. The van der Waals surface area contributed by atoms with Gasteiger partial charge in [0, 0.05) is 0 Å². The number of aliphatic imine (C=N–C) groups is 2. The van der Waals surface area contributed by atoms with Crippen LogP contribution < -0.4 is 51.2 Å². The number of nitrogens with zero attached hydrogens (tertiary/aromatic N) is 2. The Balaban J connectivity index is 0.000000497. The highest BCUT2D eigenvalue weighted by molar-refractivity contribution is 5.32. The summed E-state index contributed by atoms with van der Waals surface area (Å²) in [5, 5.41) is 0. The Kier molecular flexibility index (Phi) is 16.3. The normalized spacial score (nSPS) is 9.03. The fourth-order valence-corrected chi connectivity index (χ4v) is 2.04. The number of aromatic nitrogens is 9. The van der Waals surface area contributed by atoms with Crippen molar-refractivity contribution < 1.29 is 9.59 Å². The van der Waals surface area contributed by atoms with Crippen LogP contribution in [0.3, 0.4) is 0 Å². The summed E-state index contributed by atoms with van der Waals surface area (Å²) in [5.41, 5.74) is -7.22. The molecular formula is C17H21N11O11. The Bertz CT molecular complexity index is 1350. The fraction of sp³-hybridized carbons (Fsp3) is 0.353. The second kappa shape index (κ2) is 19.2. The molecule has 22 nitrogen and oxygen atoms in total. The first-order chi connectivity index (χ1) is 18.5. The zero-order valence-corrected chi connectivity index (χ0v) is 19.6. The molecule has 0 saturated carbocycles. The van der Waals surface area contributed by atoms with Crippen LogP contribution in [0.15, 0.2) is 53.1 Å². The Morgan fingerprint density at radius 2 is 0.538 bits per heavy atom. The van der Waals surface area contributed by atoms with Crippen molar-refractivity contribution in [3.8, 4) is 0 Å². The van der Waals surface area contributed by atoms with Gasteiger partial charge in [-0.05, 0) is 12.8 Å². The smallest absolute Gasteiger partial charge is 0.259 e. The molecule has 0 unspecified atom stereocenters. The molecule has 210 valence electrons. The largest absolute Gasteiger partial charge is 0.330 e. The van der Waals surface area contributed by atoms with E-state index in [1.54, 1.807) is 44.9 Å². The highest BCUT2D eigenvalue weighted by atomic mass is 16.2. The van der Waals surface area contributed by atoms with Crippen LogP contribution in [0.2, 0.25) is 0 Å². The van der Waals surface area contributed by atoms with Crippen LogP contribution in [0, 0.1) is 0 Å². The van der Waals surface area contributed by atoms with Crippen LogP contribution in [0.1, 0.15) is 25.7 Å². The number of carbonyl (C=O) groups excluding carboxylic acids is 2. The summed E-state index contributed by atoms with van der Waals surface area (Å²) in [6.45, 7) is 1.11. The van der Waals surface area contributed by atoms with E-state index in [0.717, 1.165) is 25.7 Å². The second-order valence-corrected chi connectivity index (χ2v) is 6.45. The first kappa shape index (κ1) is 33.0. The van der Waals surface area contributed by atoms with Gasteiger partial charge in [-0.15, -0.1) is 0 Å². The minimum Gasteiger partial charge on any atom is -0.259 e. The average Bonchev–Trinajstić information content (AvgIpc) is 2.79. The van der Waals surface area contributed by atoms with E-state index in [0.29, 0.717) is 13.1 Å². The van der Waals surface area contributed by atoms with E-state index >= 15 is 0 Å². The molecule has 22 heteroatoms. The molecule has 0 spiro atoms. The third-order valence-corrected chi connectivity index (χ3v) is 3.46. The number of unbranched alkanes of at least 4 members (excludes halogenated alkanes) is 3. The van der Waals surface area contributed by atoms with Crippen LogP contribution >= 0.6 is 0 Å². The lowest BCUT2D eigenvalue weighted by Crippen LogP contribution is -2.34. The van der Waals surface area contributed by atoms with Crippen LogP contribution in [0.4, 0.5) is 0 Å². The summed E-state index contributed by atoms with van der Waals surface area (Å²) in [7, 11) is 0. The average molecular weight is 555 g/mol. The summed E-state index contributed by atoms with van der Waals surface area (Å²) in [6, 6.07) is 0. The van der Waals surface area contributed by atoms with Gasteiger partial charge in [-0.2, -0.15) is 0 Å². The predicted octanol–water partition coefficient (Wildman–Crippen LogP) is -5.53. The Morgan fingerprint density at radius 1 is 0.359 bits per heavy atom. The molecule has 39 heavy (non-hydrogen) atoms. The summed E-state index contributed by atoms with van der Waals surface area (Å²) in [5.74, 6) is 0. The lowest BCUT2D eigenvalue weighted by atomic mass is 10.2. The molecule has 3 aromatic rings. The molecule has 0 radical (unpaired) electrons. The molecule has 0 atom stereocenters. The van der Waals surface area contributed by atoms with Crippen LogP contribution in [0.25, 0.3) is 0 Å². The van der Waals surface area contributed by atoms with Gasteiger partial charge in [0.1, 0.15) is 0 Å². The van der Waals surface area contributed by atoms with Crippen molar-refractivity contribution in [2.24, 2.45) is 9.98 Å². The molecule has 0 aliphatic rings. The molecule has 3 rings (SSSR count). The van der Waals surface area contributed by atoms with E-state index < -0.39 is 51.2 Å². The number of isocyanates is 2. The first-order valence-corrected chi connectivity index (χ1v) is 10.3. The topological polar surface area (TPSA) is 355 Å². The molecule has 0 fully saturated rings. The van der Waals surface area contributed by atoms with Crippen molar-refractivity contribution in [3.05, 3.63) is 94.4 Å². The van der Waals surface area contributed by atoms with Crippen LogP contribution in [0.5, 0.6) is 0 Å². The molecule has 3 aromatic heterocycles. The summed E-state index contributed by atoms with van der Waals surface area (Å²) in [6.07, 6.45) is 6.80. The molecule has 3 heterocycles. The summed E-state index contributed by atoms with van der Waals surface area (Å²) >= 11 is 0. The van der Waals surface area contributed by atoms with Crippen LogP contribution in [-0.4, -0.2) is 70.1 Å². The fourth-order valence-electron chi connectivity index (χ4n) is 2.04. The number of hydrogen-bond donors (Lipinski definition) is 9. The van der Waals surface area contributed by atoms with Gasteiger partial charge in [-0.1, -0.05) is 12.8 Å². The maximum atomic E-state index is 10.2. The van der Waals surface area contributed by atoms with Crippen molar-refractivity contribution in [1.82, 2.24) is 44.9 Å². The third-order valence-electron chi connectivity index (χ3n) is 3.46. The van der Waals surface area contributed by atoms with E-state index in [9.17, 15) is 52.7 Å². The standard InChI is InChI=1S/C8H12N2O2.3C3H3N3O3/c11-7-9-5-3-1-2-4-6-10-8-12;3*7-1-4-2(8)6-3(9)5-1/h1-6H2;3*(H3,4,5,6,7,8,9). The SMILES string of the molecule is O=C=NCCCCCCN=C=O.O=c1[nH]c(=O)[nH]c(=O)[nH]1.O=c1[nH]c(=O)[nH]c(=O)[nH]1.O=c1[nH]c(=O)[nH]c(=O)[nH]1. The molecular weight excluding hydrogens is 534 g/mol. The molecule has 0 amide bonds. The van der Waals surface area contributed by atoms with E-state index in [2.05, 4.69) is 9.98 Å². The monoisotopic (exact) mass is 555 g/mol. The maximum absolute atomic E-state index is 10.2. The number of rotatable bonds is 7. The van der Waals surface area contributed by atoms with Crippen molar-refractivity contribution >= 4 is 12.2 Å². The maximum Gasteiger partial charge on any atom is 0.330 e. The number of H-pyrrole nitrogens is 9. The number of hydrogen-bond acceptors (Lipinski definition) is 13. The van der Waals surface area contributed by atoms with Crippen molar-refractivity contribution in [3.63, 3.8) is 0 Å². The van der Waals surface area contributed by atoms with E-state index in [4.69, 9.17) is 0 Å². The molecule has 9 N–H and O–H groups in total. The molecule has 0 saturated heterocycles. The lowest BCUT2D eigenvalue weighted by molar-refractivity contribution is 0.558. The zero-order valence-electron chi connectivity index (χ0n) is 19.6. The van der Waals surface area contributed by atoms with Gasteiger partial charge in [0.25, 0.3) is 0 Å². The van der Waals surface area contributed by atoms with E-state index in [1.165, 1.54) is 12.2 Å². The second-order valence-electron chi connectivity index (χ2n) is 6.45. The number of aromatic amines is 9. The van der Waals surface area contributed by atoms with Gasteiger partial charge >= 0.3 is 51.2 Å². The van der Waals surface area contributed by atoms with E-state index in [1.807, 2.05) is 0 Å². The Labute approximate surface area is 210 Å². The van der Waals surface area contributed by atoms with Crippen molar-refractivity contribution in [2.45, 2.75) is 25.7 Å². The predicted molar refractivity (Wildman–Crippen MR) is 129 cm³/mol. The highest BCUT2D eigenvalue weighted by Crippen LogP contribution is 1.99. The van der Waals surface area contributed by atoms with Crippen molar-refractivity contribution in [1.29, 1.82) is 0 Å². The van der Waals surface area contributed by atoms with Gasteiger partial charge in [-0.3, -0.25) is 44.9 Å². The quantitative estimate of drug-likeness (QED) is 0.0751. The van der Waals surface area contributed by atoms with Gasteiger partial charge in [0.05, 0.1) is 13.1 Å². The lowest BCUT2D eigenvalue weighted by Gasteiger charge is -1.93. The Hall–Kier alpha value is -6.01. The number of nitrogens with one attached hydrogen (secondary N) is 9. The van der Waals surface area contributed by atoms with Gasteiger partial charge < -0.3 is 0 Å². The molecule has 0 aliphatic heterocycles.